The minimum atomic E-state index is -0.776. The van der Waals surface area contributed by atoms with Gasteiger partial charge in [0.25, 0.3) is 5.91 Å². The zero-order valence-electron chi connectivity index (χ0n) is 17.1. The molecule has 3 N–H and O–H groups in total. The van der Waals surface area contributed by atoms with Crippen molar-refractivity contribution in [1.82, 2.24) is 10.6 Å². The largest absolute Gasteiger partial charge is 0.350 e. The van der Waals surface area contributed by atoms with Gasteiger partial charge in [0.1, 0.15) is 6.04 Å². The summed E-state index contributed by atoms with van der Waals surface area (Å²) in [4.78, 5) is 36.6. The van der Waals surface area contributed by atoms with Gasteiger partial charge in [-0.05, 0) is 42.7 Å². The Morgan fingerprint density at radius 3 is 2.40 bits per heavy atom. The lowest BCUT2D eigenvalue weighted by Gasteiger charge is -2.15. The number of carbonyl (C=O) groups excluding carboxylic acids is 3. The number of hydrogen-bond donors (Lipinski definition) is 3. The molecule has 160 valence electrons. The SMILES string of the molecule is CC(C)CC(=O)Nc1cccc(CNC(=O)C(C)NC(=O)c2cccc(Cl)c2Cl)c1. The van der Waals surface area contributed by atoms with E-state index in [1.807, 2.05) is 19.9 Å². The Morgan fingerprint density at radius 2 is 1.70 bits per heavy atom. The summed E-state index contributed by atoms with van der Waals surface area (Å²) in [7, 11) is 0. The zero-order valence-corrected chi connectivity index (χ0v) is 18.6. The summed E-state index contributed by atoms with van der Waals surface area (Å²) in [5.41, 5.74) is 1.69. The number of benzene rings is 2. The minimum absolute atomic E-state index is 0.0535. The van der Waals surface area contributed by atoms with Crippen molar-refractivity contribution in [3.05, 3.63) is 63.6 Å². The lowest BCUT2D eigenvalue weighted by atomic mass is 10.1. The third-order valence-corrected chi connectivity index (χ3v) is 5.03. The van der Waals surface area contributed by atoms with E-state index in [2.05, 4.69) is 16.0 Å². The van der Waals surface area contributed by atoms with Crippen LogP contribution in [0.5, 0.6) is 0 Å². The Kier molecular flexibility index (Phi) is 8.69. The van der Waals surface area contributed by atoms with E-state index in [0.717, 1.165) is 5.56 Å². The maximum absolute atomic E-state index is 12.4. The first-order valence-corrected chi connectivity index (χ1v) is 10.3. The average molecular weight is 450 g/mol. The quantitative estimate of drug-likeness (QED) is 0.557. The summed E-state index contributed by atoms with van der Waals surface area (Å²) in [5.74, 6) is -0.621. The van der Waals surface area contributed by atoms with E-state index >= 15 is 0 Å². The van der Waals surface area contributed by atoms with Gasteiger partial charge in [0.2, 0.25) is 11.8 Å². The predicted octanol–water partition coefficient (Wildman–Crippen LogP) is 4.41. The molecule has 2 aromatic rings. The molecule has 0 aromatic heterocycles. The molecular weight excluding hydrogens is 425 g/mol. The van der Waals surface area contributed by atoms with Gasteiger partial charge < -0.3 is 16.0 Å². The van der Waals surface area contributed by atoms with Crippen LogP contribution in [-0.4, -0.2) is 23.8 Å². The lowest BCUT2D eigenvalue weighted by molar-refractivity contribution is -0.122. The van der Waals surface area contributed by atoms with E-state index in [1.54, 1.807) is 37.3 Å². The maximum atomic E-state index is 12.4. The van der Waals surface area contributed by atoms with Crippen LogP contribution in [0.2, 0.25) is 10.0 Å². The third kappa shape index (κ3) is 7.04. The van der Waals surface area contributed by atoms with Crippen LogP contribution in [0, 0.1) is 5.92 Å². The van der Waals surface area contributed by atoms with Gasteiger partial charge in [-0.2, -0.15) is 0 Å². The van der Waals surface area contributed by atoms with E-state index in [4.69, 9.17) is 23.2 Å². The first-order valence-electron chi connectivity index (χ1n) is 9.58. The van der Waals surface area contributed by atoms with Gasteiger partial charge in [-0.25, -0.2) is 0 Å². The average Bonchev–Trinajstić information content (AvgIpc) is 2.67. The fraction of sp³-hybridized carbons (Fsp3) is 0.318. The first kappa shape index (κ1) is 23.7. The number of rotatable bonds is 8. The number of anilines is 1. The molecule has 0 saturated carbocycles. The number of hydrogen-bond acceptors (Lipinski definition) is 3. The van der Waals surface area contributed by atoms with Crippen molar-refractivity contribution in [2.24, 2.45) is 5.92 Å². The Hall–Kier alpha value is -2.57. The smallest absolute Gasteiger partial charge is 0.253 e. The van der Waals surface area contributed by atoms with E-state index in [0.29, 0.717) is 12.1 Å². The van der Waals surface area contributed by atoms with Crippen LogP contribution in [0.1, 0.15) is 43.1 Å². The van der Waals surface area contributed by atoms with Crippen molar-refractivity contribution in [3.63, 3.8) is 0 Å². The number of amides is 3. The normalized spacial score (nSPS) is 11.7. The predicted molar refractivity (Wildman–Crippen MR) is 120 cm³/mol. The summed E-state index contributed by atoms with van der Waals surface area (Å²) in [5, 5.41) is 8.62. The Morgan fingerprint density at radius 1 is 1.00 bits per heavy atom. The summed E-state index contributed by atoms with van der Waals surface area (Å²) in [6.45, 7) is 5.79. The topological polar surface area (TPSA) is 87.3 Å². The van der Waals surface area contributed by atoms with Crippen molar-refractivity contribution >= 4 is 46.6 Å². The highest BCUT2D eigenvalue weighted by molar-refractivity contribution is 6.43. The summed E-state index contributed by atoms with van der Waals surface area (Å²) >= 11 is 12.0. The van der Waals surface area contributed by atoms with Gasteiger partial charge >= 0.3 is 0 Å². The fourth-order valence-electron chi connectivity index (χ4n) is 2.70. The highest BCUT2D eigenvalue weighted by atomic mass is 35.5. The maximum Gasteiger partial charge on any atom is 0.253 e. The number of nitrogens with one attached hydrogen (secondary N) is 3. The monoisotopic (exact) mass is 449 g/mol. The molecule has 0 spiro atoms. The molecule has 8 heteroatoms. The van der Waals surface area contributed by atoms with Gasteiger partial charge in [-0.1, -0.05) is 55.2 Å². The first-order chi connectivity index (χ1) is 14.2. The van der Waals surface area contributed by atoms with Crippen LogP contribution < -0.4 is 16.0 Å². The summed E-state index contributed by atoms with van der Waals surface area (Å²) in [6, 6.07) is 11.2. The number of carbonyl (C=O) groups is 3. The van der Waals surface area contributed by atoms with Gasteiger partial charge in [0, 0.05) is 18.7 Å². The highest BCUT2D eigenvalue weighted by Gasteiger charge is 2.19. The molecule has 1 atom stereocenters. The van der Waals surface area contributed by atoms with Crippen molar-refractivity contribution in [3.8, 4) is 0 Å². The van der Waals surface area contributed by atoms with Crippen molar-refractivity contribution in [2.45, 2.75) is 39.8 Å². The van der Waals surface area contributed by atoms with Crippen LogP contribution in [0.3, 0.4) is 0 Å². The molecule has 0 aliphatic rings. The molecule has 0 saturated heterocycles. The Labute approximate surface area is 186 Å². The standard InChI is InChI=1S/C22H25Cl2N3O3/c1-13(2)10-19(28)27-16-7-4-6-15(11-16)12-25-21(29)14(3)26-22(30)17-8-5-9-18(23)20(17)24/h4-9,11,13-14H,10,12H2,1-3H3,(H,25,29)(H,26,30)(H,27,28). The van der Waals surface area contributed by atoms with E-state index in [-0.39, 0.29) is 39.9 Å². The van der Waals surface area contributed by atoms with Crippen molar-refractivity contribution in [2.75, 3.05) is 5.32 Å². The summed E-state index contributed by atoms with van der Waals surface area (Å²) < 4.78 is 0. The second kappa shape index (κ2) is 11.0. The van der Waals surface area contributed by atoms with Crippen molar-refractivity contribution < 1.29 is 14.4 Å². The molecule has 1 unspecified atom stereocenters. The van der Waals surface area contributed by atoms with Gasteiger partial charge in [0.05, 0.1) is 15.6 Å². The number of halogens is 2. The second-order valence-corrected chi connectivity index (χ2v) is 8.15. The lowest BCUT2D eigenvalue weighted by Crippen LogP contribution is -2.44. The molecule has 0 aliphatic carbocycles. The van der Waals surface area contributed by atoms with Gasteiger partial charge in [0.15, 0.2) is 0 Å². The van der Waals surface area contributed by atoms with E-state index < -0.39 is 11.9 Å². The fourth-order valence-corrected chi connectivity index (χ4v) is 3.09. The molecular formula is C22H25Cl2N3O3. The molecule has 0 radical (unpaired) electrons. The minimum Gasteiger partial charge on any atom is -0.350 e. The molecule has 0 fully saturated rings. The van der Waals surface area contributed by atoms with Gasteiger partial charge in [-0.3, -0.25) is 14.4 Å². The van der Waals surface area contributed by atoms with Crippen molar-refractivity contribution in [1.29, 1.82) is 0 Å². The van der Waals surface area contributed by atoms with Crippen LogP contribution in [0.15, 0.2) is 42.5 Å². The molecule has 0 aliphatic heterocycles. The van der Waals surface area contributed by atoms with Crippen LogP contribution in [0.25, 0.3) is 0 Å². The Balaban J connectivity index is 1.90. The Bertz CT molecular complexity index is 932. The molecule has 6 nitrogen and oxygen atoms in total. The highest BCUT2D eigenvalue weighted by Crippen LogP contribution is 2.25. The molecule has 2 rings (SSSR count). The van der Waals surface area contributed by atoms with Crippen LogP contribution in [-0.2, 0) is 16.1 Å². The van der Waals surface area contributed by atoms with E-state index in [9.17, 15) is 14.4 Å². The van der Waals surface area contributed by atoms with Crippen LogP contribution in [0.4, 0.5) is 5.69 Å². The van der Waals surface area contributed by atoms with Crippen LogP contribution >= 0.6 is 23.2 Å². The van der Waals surface area contributed by atoms with Gasteiger partial charge in [-0.15, -0.1) is 0 Å². The molecule has 0 heterocycles. The third-order valence-electron chi connectivity index (χ3n) is 4.21. The van der Waals surface area contributed by atoms with E-state index in [1.165, 1.54) is 6.07 Å². The molecule has 0 bridgehead atoms. The zero-order chi connectivity index (χ0) is 22.3. The second-order valence-electron chi connectivity index (χ2n) is 7.36. The summed E-state index contributed by atoms with van der Waals surface area (Å²) in [6.07, 6.45) is 0.439. The molecule has 30 heavy (non-hydrogen) atoms. The molecule has 3 amide bonds. The molecule has 2 aromatic carbocycles.